The zero-order valence-electron chi connectivity index (χ0n) is 10.4. The van der Waals surface area contributed by atoms with Gasteiger partial charge in [0.15, 0.2) is 5.78 Å². The predicted octanol–water partition coefficient (Wildman–Crippen LogP) is 2.78. The standard InChI is InChI=1S/C14H20O3/c1-2-3-4-5-6-7-10-14(13(16)17)11-8-9-12(14)15/h2-5,8-11H2,1H3,(H,16,17). The SMILES string of the molecule is CCCCCC#CCC1(C(=O)O)CCCC1=O. The first-order chi connectivity index (χ1) is 8.13. The van der Waals surface area contributed by atoms with E-state index in [-0.39, 0.29) is 12.2 Å². The monoisotopic (exact) mass is 236 g/mol. The largest absolute Gasteiger partial charge is 0.480 e. The number of hydrogen-bond acceptors (Lipinski definition) is 2. The molecule has 0 heterocycles. The Labute approximate surface area is 103 Å². The summed E-state index contributed by atoms with van der Waals surface area (Å²) in [4.78, 5) is 22.9. The van der Waals surface area contributed by atoms with E-state index in [9.17, 15) is 14.7 Å². The van der Waals surface area contributed by atoms with Gasteiger partial charge in [-0.2, -0.15) is 0 Å². The summed E-state index contributed by atoms with van der Waals surface area (Å²) >= 11 is 0. The van der Waals surface area contributed by atoms with E-state index >= 15 is 0 Å². The lowest BCUT2D eigenvalue weighted by Gasteiger charge is -2.18. The highest BCUT2D eigenvalue weighted by Crippen LogP contribution is 2.38. The molecule has 0 radical (unpaired) electrons. The molecule has 1 unspecified atom stereocenters. The topological polar surface area (TPSA) is 54.4 Å². The van der Waals surface area contributed by atoms with Crippen molar-refractivity contribution in [2.24, 2.45) is 5.41 Å². The lowest BCUT2D eigenvalue weighted by atomic mass is 9.82. The minimum Gasteiger partial charge on any atom is -0.480 e. The fraction of sp³-hybridized carbons (Fsp3) is 0.714. The molecule has 1 fully saturated rings. The molecule has 0 bridgehead atoms. The second-order valence-electron chi connectivity index (χ2n) is 4.65. The second-order valence-corrected chi connectivity index (χ2v) is 4.65. The van der Waals surface area contributed by atoms with Gasteiger partial charge in [-0.05, 0) is 19.3 Å². The van der Waals surface area contributed by atoms with Crippen molar-refractivity contribution in [1.29, 1.82) is 0 Å². The number of carbonyl (C=O) groups is 2. The van der Waals surface area contributed by atoms with Crippen LogP contribution in [0.1, 0.15) is 58.3 Å². The molecular weight excluding hydrogens is 216 g/mol. The van der Waals surface area contributed by atoms with E-state index < -0.39 is 11.4 Å². The van der Waals surface area contributed by atoms with Crippen LogP contribution < -0.4 is 0 Å². The molecule has 0 aromatic carbocycles. The summed E-state index contributed by atoms with van der Waals surface area (Å²) < 4.78 is 0. The van der Waals surface area contributed by atoms with E-state index in [0.717, 1.165) is 25.7 Å². The van der Waals surface area contributed by atoms with Crippen LogP contribution in [-0.2, 0) is 9.59 Å². The molecule has 0 saturated heterocycles. The molecule has 1 N–H and O–H groups in total. The van der Waals surface area contributed by atoms with E-state index in [1.165, 1.54) is 0 Å². The predicted molar refractivity (Wildman–Crippen MR) is 65.5 cm³/mol. The highest BCUT2D eigenvalue weighted by atomic mass is 16.4. The lowest BCUT2D eigenvalue weighted by Crippen LogP contribution is -2.34. The highest BCUT2D eigenvalue weighted by molar-refractivity contribution is 6.04. The smallest absolute Gasteiger partial charge is 0.318 e. The van der Waals surface area contributed by atoms with Gasteiger partial charge in [-0.3, -0.25) is 9.59 Å². The van der Waals surface area contributed by atoms with Gasteiger partial charge in [0.2, 0.25) is 0 Å². The van der Waals surface area contributed by atoms with E-state index in [1.807, 2.05) is 0 Å². The Bertz CT molecular complexity index is 348. The second kappa shape index (κ2) is 6.44. The number of ketones is 1. The fourth-order valence-corrected chi connectivity index (χ4v) is 2.18. The number of carboxylic acids is 1. The average Bonchev–Trinajstić information content (AvgIpc) is 2.66. The van der Waals surface area contributed by atoms with E-state index in [0.29, 0.717) is 19.3 Å². The summed E-state index contributed by atoms with van der Waals surface area (Å²) in [5, 5.41) is 9.19. The van der Waals surface area contributed by atoms with Crippen molar-refractivity contribution in [2.45, 2.75) is 58.3 Å². The maximum Gasteiger partial charge on any atom is 0.318 e. The third-order valence-electron chi connectivity index (χ3n) is 3.37. The third-order valence-corrected chi connectivity index (χ3v) is 3.37. The summed E-state index contributed by atoms with van der Waals surface area (Å²) in [5.41, 5.74) is -1.20. The molecule has 0 amide bonds. The van der Waals surface area contributed by atoms with Gasteiger partial charge in [0.05, 0.1) is 0 Å². The minimum atomic E-state index is -1.20. The zero-order chi connectivity index (χ0) is 12.7. The Hall–Kier alpha value is -1.30. The zero-order valence-corrected chi connectivity index (χ0v) is 10.4. The van der Waals surface area contributed by atoms with E-state index in [4.69, 9.17) is 0 Å². The summed E-state index contributed by atoms with van der Waals surface area (Å²) in [7, 11) is 0. The molecular formula is C14H20O3. The van der Waals surface area contributed by atoms with Crippen LogP contribution in [0.3, 0.4) is 0 Å². The van der Waals surface area contributed by atoms with Crippen molar-refractivity contribution in [3.8, 4) is 11.8 Å². The van der Waals surface area contributed by atoms with Crippen molar-refractivity contribution in [3.05, 3.63) is 0 Å². The van der Waals surface area contributed by atoms with Crippen molar-refractivity contribution in [2.75, 3.05) is 0 Å². The van der Waals surface area contributed by atoms with Crippen LogP contribution >= 0.6 is 0 Å². The normalized spacial score (nSPS) is 23.2. The average molecular weight is 236 g/mol. The van der Waals surface area contributed by atoms with Crippen molar-refractivity contribution in [3.63, 3.8) is 0 Å². The summed E-state index contributed by atoms with van der Waals surface area (Å²) in [6, 6.07) is 0. The first-order valence-corrected chi connectivity index (χ1v) is 6.36. The van der Waals surface area contributed by atoms with Gasteiger partial charge < -0.3 is 5.11 Å². The maximum atomic E-state index is 11.7. The molecule has 1 rings (SSSR count). The number of hydrogen-bond donors (Lipinski definition) is 1. The van der Waals surface area contributed by atoms with Gasteiger partial charge in [-0.1, -0.05) is 19.8 Å². The van der Waals surface area contributed by atoms with Crippen LogP contribution in [0, 0.1) is 17.3 Å². The van der Waals surface area contributed by atoms with Crippen molar-refractivity contribution < 1.29 is 14.7 Å². The van der Waals surface area contributed by atoms with Gasteiger partial charge >= 0.3 is 5.97 Å². The Kier molecular flexibility index (Phi) is 5.21. The highest BCUT2D eigenvalue weighted by Gasteiger charge is 2.48. The van der Waals surface area contributed by atoms with Crippen molar-refractivity contribution in [1.82, 2.24) is 0 Å². The Morgan fingerprint density at radius 2 is 2.18 bits per heavy atom. The molecule has 3 heteroatoms. The van der Waals surface area contributed by atoms with Crippen molar-refractivity contribution >= 4 is 11.8 Å². The Morgan fingerprint density at radius 3 is 2.71 bits per heavy atom. The van der Waals surface area contributed by atoms with Crippen LogP contribution in [0.15, 0.2) is 0 Å². The van der Waals surface area contributed by atoms with Gasteiger partial charge in [-0.15, -0.1) is 11.8 Å². The first kappa shape index (κ1) is 13.8. The third kappa shape index (κ3) is 3.33. The van der Waals surface area contributed by atoms with Gasteiger partial charge in [0.1, 0.15) is 5.41 Å². The molecule has 1 atom stereocenters. The number of rotatable bonds is 5. The maximum absolute atomic E-state index is 11.7. The van der Waals surface area contributed by atoms with Gasteiger partial charge in [-0.25, -0.2) is 0 Å². The Balaban J connectivity index is 2.51. The fourth-order valence-electron chi connectivity index (χ4n) is 2.18. The molecule has 0 aliphatic heterocycles. The van der Waals surface area contributed by atoms with E-state index in [2.05, 4.69) is 18.8 Å². The summed E-state index contributed by atoms with van der Waals surface area (Å²) in [6.07, 6.45) is 5.87. The number of Topliss-reactive ketones (excluding diaryl/α,β-unsaturated/α-hetero) is 1. The number of aliphatic carboxylic acids is 1. The summed E-state index contributed by atoms with van der Waals surface area (Å²) in [6.45, 7) is 2.13. The minimum absolute atomic E-state index is 0.146. The van der Waals surface area contributed by atoms with Gasteiger partial charge in [0, 0.05) is 19.3 Å². The van der Waals surface area contributed by atoms with Crippen LogP contribution in [0.2, 0.25) is 0 Å². The van der Waals surface area contributed by atoms with Crippen LogP contribution in [0.25, 0.3) is 0 Å². The number of carboxylic acid groups (broad SMARTS) is 1. The van der Waals surface area contributed by atoms with Crippen LogP contribution in [0.4, 0.5) is 0 Å². The van der Waals surface area contributed by atoms with Crippen LogP contribution in [-0.4, -0.2) is 16.9 Å². The molecule has 17 heavy (non-hydrogen) atoms. The lowest BCUT2D eigenvalue weighted by molar-refractivity contribution is -0.152. The molecule has 3 nitrogen and oxygen atoms in total. The van der Waals surface area contributed by atoms with Gasteiger partial charge in [0.25, 0.3) is 0 Å². The first-order valence-electron chi connectivity index (χ1n) is 6.36. The molecule has 94 valence electrons. The molecule has 0 spiro atoms. The van der Waals surface area contributed by atoms with Crippen LogP contribution in [0.5, 0.6) is 0 Å². The molecule has 0 aromatic rings. The molecule has 1 saturated carbocycles. The Morgan fingerprint density at radius 1 is 1.41 bits per heavy atom. The quantitative estimate of drug-likeness (QED) is 0.453. The van der Waals surface area contributed by atoms with E-state index in [1.54, 1.807) is 0 Å². The summed E-state index contributed by atoms with van der Waals surface area (Å²) in [5.74, 6) is 4.73. The molecule has 1 aliphatic rings. The number of carbonyl (C=O) groups excluding carboxylic acids is 1. The molecule has 1 aliphatic carbocycles. The number of unbranched alkanes of at least 4 members (excludes halogenated alkanes) is 3. The molecule has 0 aromatic heterocycles.